The number of pyridine rings is 1. The Morgan fingerprint density at radius 1 is 1.38 bits per heavy atom. The normalized spacial score (nSPS) is 10.2. The fourth-order valence-electron chi connectivity index (χ4n) is 1.00. The van der Waals surface area contributed by atoms with Crippen molar-refractivity contribution in [2.75, 3.05) is 5.73 Å². The van der Waals surface area contributed by atoms with Crippen LogP contribution in [0.15, 0.2) is 24.4 Å². The summed E-state index contributed by atoms with van der Waals surface area (Å²) in [5.41, 5.74) is 6.70. The summed E-state index contributed by atoms with van der Waals surface area (Å²) >= 11 is 0. The standard InChI is InChI=1S/C8H7FN4/c9-5-1-2-6(11-4-5)7-3-8(10)13-12-7/h1-4H,(H3,10,12,13). The van der Waals surface area contributed by atoms with Gasteiger partial charge in [-0.15, -0.1) is 0 Å². The van der Waals surface area contributed by atoms with E-state index in [4.69, 9.17) is 5.73 Å². The lowest BCUT2D eigenvalue weighted by molar-refractivity contribution is 0.622. The summed E-state index contributed by atoms with van der Waals surface area (Å²) < 4.78 is 12.5. The smallest absolute Gasteiger partial charge is 0.145 e. The van der Waals surface area contributed by atoms with Gasteiger partial charge in [0.15, 0.2) is 0 Å². The van der Waals surface area contributed by atoms with Crippen LogP contribution in [-0.4, -0.2) is 15.2 Å². The molecule has 2 aromatic rings. The van der Waals surface area contributed by atoms with Crippen LogP contribution in [-0.2, 0) is 0 Å². The van der Waals surface area contributed by atoms with Gasteiger partial charge in [-0.05, 0) is 12.1 Å². The van der Waals surface area contributed by atoms with Gasteiger partial charge in [0, 0.05) is 6.07 Å². The first kappa shape index (κ1) is 7.72. The molecule has 0 bridgehead atoms. The molecule has 2 aromatic heterocycles. The molecule has 0 amide bonds. The van der Waals surface area contributed by atoms with Crippen molar-refractivity contribution in [2.24, 2.45) is 0 Å². The molecule has 0 fully saturated rings. The van der Waals surface area contributed by atoms with Crippen LogP contribution >= 0.6 is 0 Å². The van der Waals surface area contributed by atoms with Crippen molar-refractivity contribution in [3.63, 3.8) is 0 Å². The molecule has 0 aliphatic heterocycles. The monoisotopic (exact) mass is 178 g/mol. The van der Waals surface area contributed by atoms with Crippen LogP contribution in [0, 0.1) is 5.82 Å². The predicted molar refractivity (Wildman–Crippen MR) is 46.2 cm³/mol. The van der Waals surface area contributed by atoms with Crippen LogP contribution in [0.5, 0.6) is 0 Å². The number of nitrogens with two attached hydrogens (primary N) is 1. The first-order valence-corrected chi connectivity index (χ1v) is 3.68. The highest BCUT2D eigenvalue weighted by atomic mass is 19.1. The highest BCUT2D eigenvalue weighted by Crippen LogP contribution is 2.15. The molecule has 0 aliphatic carbocycles. The van der Waals surface area contributed by atoms with E-state index in [1.54, 1.807) is 12.1 Å². The van der Waals surface area contributed by atoms with Crippen LogP contribution in [0.4, 0.5) is 10.2 Å². The molecule has 0 aromatic carbocycles. The maximum atomic E-state index is 12.5. The summed E-state index contributed by atoms with van der Waals surface area (Å²) in [6, 6.07) is 4.53. The van der Waals surface area contributed by atoms with E-state index in [2.05, 4.69) is 15.2 Å². The SMILES string of the molecule is Nc1cc(-c2ccc(F)cn2)[nH]n1. The largest absolute Gasteiger partial charge is 0.382 e. The van der Waals surface area contributed by atoms with Gasteiger partial charge in [0.05, 0.1) is 17.6 Å². The fourth-order valence-corrected chi connectivity index (χ4v) is 1.00. The maximum Gasteiger partial charge on any atom is 0.145 e. The van der Waals surface area contributed by atoms with E-state index in [0.717, 1.165) is 6.20 Å². The molecule has 0 saturated heterocycles. The number of anilines is 1. The number of halogens is 1. The lowest BCUT2D eigenvalue weighted by Gasteiger charge is -1.93. The second-order valence-corrected chi connectivity index (χ2v) is 2.57. The number of aromatic nitrogens is 3. The van der Waals surface area contributed by atoms with Gasteiger partial charge in [-0.1, -0.05) is 0 Å². The fraction of sp³-hybridized carbons (Fsp3) is 0. The van der Waals surface area contributed by atoms with E-state index < -0.39 is 0 Å². The van der Waals surface area contributed by atoms with Crippen molar-refractivity contribution in [1.29, 1.82) is 0 Å². The number of aromatic amines is 1. The zero-order chi connectivity index (χ0) is 9.26. The van der Waals surface area contributed by atoms with Gasteiger partial charge in [-0.25, -0.2) is 4.39 Å². The summed E-state index contributed by atoms with van der Waals surface area (Å²) in [6.45, 7) is 0. The Kier molecular flexibility index (Phi) is 1.70. The predicted octanol–water partition coefficient (Wildman–Crippen LogP) is 1.19. The molecular formula is C8H7FN4. The number of hydrogen-bond donors (Lipinski definition) is 2. The highest BCUT2D eigenvalue weighted by Gasteiger charge is 2.02. The Morgan fingerprint density at radius 2 is 2.23 bits per heavy atom. The number of nitrogen functional groups attached to an aromatic ring is 1. The van der Waals surface area contributed by atoms with Crippen molar-refractivity contribution >= 4 is 5.82 Å². The average molecular weight is 178 g/mol. The molecule has 4 nitrogen and oxygen atoms in total. The van der Waals surface area contributed by atoms with Crippen LogP contribution in [0.1, 0.15) is 0 Å². The van der Waals surface area contributed by atoms with E-state index in [-0.39, 0.29) is 5.82 Å². The zero-order valence-corrected chi connectivity index (χ0v) is 6.66. The molecule has 0 aliphatic rings. The van der Waals surface area contributed by atoms with Gasteiger partial charge >= 0.3 is 0 Å². The summed E-state index contributed by atoms with van der Waals surface area (Å²) in [5.74, 6) is 0.0253. The van der Waals surface area contributed by atoms with E-state index >= 15 is 0 Å². The minimum atomic E-state index is -0.365. The topological polar surface area (TPSA) is 67.6 Å². The molecule has 2 heterocycles. The Hall–Kier alpha value is -1.91. The molecule has 2 rings (SSSR count). The zero-order valence-electron chi connectivity index (χ0n) is 6.66. The van der Waals surface area contributed by atoms with Gasteiger partial charge in [0.1, 0.15) is 11.6 Å². The number of rotatable bonds is 1. The van der Waals surface area contributed by atoms with Crippen LogP contribution in [0.3, 0.4) is 0 Å². The lowest BCUT2D eigenvalue weighted by atomic mass is 10.3. The Morgan fingerprint density at radius 3 is 2.77 bits per heavy atom. The molecular weight excluding hydrogens is 171 g/mol. The number of H-pyrrole nitrogens is 1. The molecule has 0 unspecified atom stereocenters. The molecule has 66 valence electrons. The van der Waals surface area contributed by atoms with Crippen LogP contribution < -0.4 is 5.73 Å². The van der Waals surface area contributed by atoms with Crippen LogP contribution in [0.2, 0.25) is 0 Å². The first-order chi connectivity index (χ1) is 6.25. The van der Waals surface area contributed by atoms with Gasteiger partial charge in [0.2, 0.25) is 0 Å². The second kappa shape index (κ2) is 2.85. The summed E-state index contributed by atoms with van der Waals surface area (Å²) in [7, 11) is 0. The number of nitrogens with zero attached hydrogens (tertiary/aromatic N) is 2. The van der Waals surface area contributed by atoms with Crippen molar-refractivity contribution in [1.82, 2.24) is 15.2 Å². The average Bonchev–Trinajstić information content (AvgIpc) is 2.53. The van der Waals surface area contributed by atoms with E-state index in [1.165, 1.54) is 6.07 Å². The van der Waals surface area contributed by atoms with Crippen molar-refractivity contribution in [3.05, 3.63) is 30.2 Å². The van der Waals surface area contributed by atoms with E-state index in [0.29, 0.717) is 17.2 Å². The summed E-state index contributed by atoms with van der Waals surface area (Å²) in [6.07, 6.45) is 1.15. The van der Waals surface area contributed by atoms with Crippen LogP contribution in [0.25, 0.3) is 11.4 Å². The minimum absolute atomic E-state index is 0.365. The molecule has 3 N–H and O–H groups in total. The van der Waals surface area contributed by atoms with Crippen molar-refractivity contribution in [3.8, 4) is 11.4 Å². The molecule has 5 heteroatoms. The summed E-state index contributed by atoms with van der Waals surface area (Å²) in [5, 5.41) is 6.42. The third-order valence-electron chi connectivity index (χ3n) is 1.60. The van der Waals surface area contributed by atoms with Gasteiger partial charge in [-0.3, -0.25) is 10.1 Å². The molecule has 0 saturated carbocycles. The van der Waals surface area contributed by atoms with Crippen molar-refractivity contribution in [2.45, 2.75) is 0 Å². The Balaban J connectivity index is 2.41. The Labute approximate surface area is 73.6 Å². The number of nitrogens with one attached hydrogen (secondary N) is 1. The molecule has 0 radical (unpaired) electrons. The second-order valence-electron chi connectivity index (χ2n) is 2.57. The first-order valence-electron chi connectivity index (χ1n) is 3.68. The number of hydrogen-bond acceptors (Lipinski definition) is 3. The quantitative estimate of drug-likeness (QED) is 0.689. The molecule has 0 atom stereocenters. The third kappa shape index (κ3) is 1.48. The van der Waals surface area contributed by atoms with E-state index in [1.807, 2.05) is 0 Å². The molecule has 0 spiro atoms. The van der Waals surface area contributed by atoms with Gasteiger partial charge in [-0.2, -0.15) is 5.10 Å². The highest BCUT2D eigenvalue weighted by molar-refractivity contribution is 5.57. The van der Waals surface area contributed by atoms with E-state index in [9.17, 15) is 4.39 Å². The molecule has 13 heavy (non-hydrogen) atoms. The van der Waals surface area contributed by atoms with Gasteiger partial charge < -0.3 is 5.73 Å². The minimum Gasteiger partial charge on any atom is -0.382 e. The summed E-state index contributed by atoms with van der Waals surface area (Å²) in [4.78, 5) is 3.86. The van der Waals surface area contributed by atoms with Gasteiger partial charge in [0.25, 0.3) is 0 Å². The van der Waals surface area contributed by atoms with Crippen molar-refractivity contribution < 1.29 is 4.39 Å². The lowest BCUT2D eigenvalue weighted by Crippen LogP contribution is -1.84. The third-order valence-corrected chi connectivity index (χ3v) is 1.60. The Bertz CT molecular complexity index is 406. The maximum absolute atomic E-state index is 12.5.